The lowest BCUT2D eigenvalue weighted by molar-refractivity contribution is 0.447. The van der Waals surface area contributed by atoms with Crippen molar-refractivity contribution >= 4 is 5.82 Å². The molecule has 2 aromatic rings. The van der Waals surface area contributed by atoms with Gasteiger partial charge in [0.15, 0.2) is 17.5 Å². The Morgan fingerprint density at radius 1 is 1.25 bits per heavy atom. The van der Waals surface area contributed by atoms with Crippen LogP contribution in [-0.4, -0.2) is 9.97 Å². The van der Waals surface area contributed by atoms with Gasteiger partial charge < -0.3 is 10.7 Å². The molecule has 1 aromatic heterocycles. The van der Waals surface area contributed by atoms with Gasteiger partial charge in [0.05, 0.1) is 5.56 Å². The first kappa shape index (κ1) is 14.1. The van der Waals surface area contributed by atoms with Crippen LogP contribution >= 0.6 is 0 Å². The summed E-state index contributed by atoms with van der Waals surface area (Å²) in [5.41, 5.74) is 5.42. The number of anilines is 1. The van der Waals surface area contributed by atoms with Crippen LogP contribution in [0.4, 0.5) is 19.0 Å². The van der Waals surface area contributed by atoms with Crippen molar-refractivity contribution in [1.82, 2.24) is 9.97 Å². The van der Waals surface area contributed by atoms with Gasteiger partial charge in [-0.25, -0.2) is 18.2 Å². The Balaban J connectivity index is 2.57. The van der Waals surface area contributed by atoms with Crippen molar-refractivity contribution in [1.29, 1.82) is 0 Å². The summed E-state index contributed by atoms with van der Waals surface area (Å²) in [5, 5.41) is 0. The van der Waals surface area contributed by atoms with Crippen molar-refractivity contribution in [2.24, 2.45) is 0 Å². The van der Waals surface area contributed by atoms with Crippen LogP contribution in [0.3, 0.4) is 0 Å². The van der Waals surface area contributed by atoms with Crippen molar-refractivity contribution in [3.63, 3.8) is 0 Å². The van der Waals surface area contributed by atoms with E-state index in [0.29, 0.717) is 18.4 Å². The zero-order valence-corrected chi connectivity index (χ0v) is 10.6. The molecule has 20 heavy (non-hydrogen) atoms. The number of nitrogen functional groups attached to an aromatic ring is 1. The molecule has 0 amide bonds. The number of nitrogens with two attached hydrogens (primary N) is 1. The maximum absolute atomic E-state index is 13.2. The number of H-pyrrole nitrogens is 1. The van der Waals surface area contributed by atoms with E-state index in [4.69, 9.17) is 5.73 Å². The lowest BCUT2D eigenvalue weighted by Gasteiger charge is -2.07. The van der Waals surface area contributed by atoms with Gasteiger partial charge >= 0.3 is 0 Å². The van der Waals surface area contributed by atoms with Gasteiger partial charge in [0.25, 0.3) is 5.56 Å². The van der Waals surface area contributed by atoms with Crippen LogP contribution in [0.15, 0.2) is 16.9 Å². The molecule has 1 heterocycles. The molecule has 106 valence electrons. The maximum atomic E-state index is 13.2. The zero-order valence-electron chi connectivity index (χ0n) is 10.6. The van der Waals surface area contributed by atoms with Crippen molar-refractivity contribution in [3.8, 4) is 11.4 Å². The Kier molecular flexibility index (Phi) is 3.78. The van der Waals surface area contributed by atoms with Crippen molar-refractivity contribution in [2.45, 2.75) is 19.8 Å². The molecule has 0 radical (unpaired) electrons. The normalized spacial score (nSPS) is 10.8. The van der Waals surface area contributed by atoms with Gasteiger partial charge in [-0.15, -0.1) is 0 Å². The number of aromatic amines is 1. The molecule has 0 saturated carbocycles. The fraction of sp³-hybridized carbons (Fsp3) is 0.231. The molecule has 0 fully saturated rings. The molecule has 7 heteroatoms. The number of rotatable bonds is 3. The van der Waals surface area contributed by atoms with Crippen LogP contribution in [0, 0.1) is 17.5 Å². The van der Waals surface area contributed by atoms with Gasteiger partial charge in [-0.3, -0.25) is 4.79 Å². The van der Waals surface area contributed by atoms with E-state index < -0.39 is 23.0 Å². The predicted octanol–water partition coefficient (Wildman–Crippen LogP) is 2.39. The quantitative estimate of drug-likeness (QED) is 0.850. The summed E-state index contributed by atoms with van der Waals surface area (Å²) in [6.07, 6.45) is 1.15. The minimum absolute atomic E-state index is 0.00394. The highest BCUT2D eigenvalue weighted by atomic mass is 19.2. The van der Waals surface area contributed by atoms with Gasteiger partial charge in [0.1, 0.15) is 11.6 Å². The third kappa shape index (κ3) is 2.52. The van der Waals surface area contributed by atoms with Crippen LogP contribution in [0.2, 0.25) is 0 Å². The fourth-order valence-corrected chi connectivity index (χ4v) is 1.84. The monoisotopic (exact) mass is 283 g/mol. The largest absolute Gasteiger partial charge is 0.383 e. The van der Waals surface area contributed by atoms with Gasteiger partial charge in [-0.05, 0) is 18.6 Å². The molecule has 0 aliphatic heterocycles. The number of benzene rings is 1. The molecule has 1 aromatic carbocycles. The number of hydrogen-bond acceptors (Lipinski definition) is 3. The van der Waals surface area contributed by atoms with E-state index in [1.807, 2.05) is 6.92 Å². The minimum atomic E-state index is -1.58. The number of aromatic nitrogens is 2. The Labute approximate surface area is 112 Å². The lowest BCUT2D eigenvalue weighted by atomic mass is 10.1. The summed E-state index contributed by atoms with van der Waals surface area (Å²) in [7, 11) is 0. The predicted molar refractivity (Wildman–Crippen MR) is 68.6 cm³/mol. The number of nitrogens with zero attached hydrogens (tertiary/aromatic N) is 1. The molecule has 3 N–H and O–H groups in total. The highest BCUT2D eigenvalue weighted by Gasteiger charge is 2.15. The highest BCUT2D eigenvalue weighted by molar-refractivity contribution is 5.57. The van der Waals surface area contributed by atoms with Gasteiger partial charge in [0.2, 0.25) is 0 Å². The lowest BCUT2D eigenvalue weighted by Crippen LogP contribution is -2.18. The summed E-state index contributed by atoms with van der Waals surface area (Å²) < 4.78 is 39.2. The molecule has 0 spiro atoms. The maximum Gasteiger partial charge on any atom is 0.256 e. The third-order valence-electron chi connectivity index (χ3n) is 2.80. The molecule has 0 atom stereocenters. The summed E-state index contributed by atoms with van der Waals surface area (Å²) in [6.45, 7) is 1.87. The average molecular weight is 283 g/mol. The van der Waals surface area contributed by atoms with E-state index in [1.54, 1.807) is 0 Å². The first-order valence-electron chi connectivity index (χ1n) is 5.97. The van der Waals surface area contributed by atoms with Crippen molar-refractivity contribution in [3.05, 3.63) is 45.5 Å². The smallest absolute Gasteiger partial charge is 0.256 e. The molecule has 0 unspecified atom stereocenters. The van der Waals surface area contributed by atoms with Crippen LogP contribution in [-0.2, 0) is 6.42 Å². The van der Waals surface area contributed by atoms with E-state index in [9.17, 15) is 18.0 Å². The standard InChI is InChI=1S/C13H12F3N3O/c1-2-3-7-11(17)18-12(19-13(7)20)6-4-8(14)10(16)9(15)5-6/h4-5H,2-3H2,1H3,(H3,17,18,19,20). The molecular formula is C13H12F3N3O. The first-order valence-corrected chi connectivity index (χ1v) is 5.97. The highest BCUT2D eigenvalue weighted by Crippen LogP contribution is 2.21. The Morgan fingerprint density at radius 3 is 2.35 bits per heavy atom. The van der Waals surface area contributed by atoms with E-state index in [-0.39, 0.29) is 17.2 Å². The second-order valence-electron chi connectivity index (χ2n) is 4.28. The Hall–Kier alpha value is -2.31. The van der Waals surface area contributed by atoms with Crippen LogP contribution < -0.4 is 11.3 Å². The van der Waals surface area contributed by atoms with Gasteiger partial charge in [-0.2, -0.15) is 0 Å². The number of halogens is 3. The molecule has 0 saturated heterocycles. The number of nitrogens with one attached hydrogen (secondary N) is 1. The molecule has 2 rings (SSSR count). The van der Waals surface area contributed by atoms with Gasteiger partial charge in [0, 0.05) is 5.56 Å². The SMILES string of the molecule is CCCc1c(N)nc(-c2cc(F)c(F)c(F)c2)[nH]c1=O. The number of hydrogen-bond donors (Lipinski definition) is 2. The first-order chi connectivity index (χ1) is 9.43. The Morgan fingerprint density at radius 2 is 1.85 bits per heavy atom. The summed E-state index contributed by atoms with van der Waals surface area (Å²) >= 11 is 0. The van der Waals surface area contributed by atoms with Crippen molar-refractivity contribution < 1.29 is 13.2 Å². The van der Waals surface area contributed by atoms with E-state index in [1.165, 1.54) is 0 Å². The van der Waals surface area contributed by atoms with Crippen molar-refractivity contribution in [2.75, 3.05) is 5.73 Å². The minimum Gasteiger partial charge on any atom is -0.383 e. The molecule has 0 bridgehead atoms. The second kappa shape index (κ2) is 5.36. The molecular weight excluding hydrogens is 271 g/mol. The fourth-order valence-electron chi connectivity index (χ4n) is 1.84. The van der Waals surface area contributed by atoms with Crippen LogP contribution in [0.5, 0.6) is 0 Å². The third-order valence-corrected chi connectivity index (χ3v) is 2.80. The van der Waals surface area contributed by atoms with E-state index in [2.05, 4.69) is 9.97 Å². The van der Waals surface area contributed by atoms with Crippen LogP contribution in [0.1, 0.15) is 18.9 Å². The second-order valence-corrected chi connectivity index (χ2v) is 4.28. The summed E-state index contributed by atoms with van der Waals surface area (Å²) in [5.74, 6) is -4.41. The molecule has 4 nitrogen and oxygen atoms in total. The summed E-state index contributed by atoms with van der Waals surface area (Å²) in [6, 6.07) is 1.49. The molecule has 0 aliphatic rings. The van der Waals surface area contributed by atoms with Crippen LogP contribution in [0.25, 0.3) is 11.4 Å². The average Bonchev–Trinajstić information content (AvgIpc) is 2.39. The summed E-state index contributed by atoms with van der Waals surface area (Å²) in [4.78, 5) is 18.1. The van der Waals surface area contributed by atoms with E-state index in [0.717, 1.165) is 12.1 Å². The molecule has 0 aliphatic carbocycles. The van der Waals surface area contributed by atoms with E-state index >= 15 is 0 Å². The topological polar surface area (TPSA) is 71.8 Å². The van der Waals surface area contributed by atoms with Gasteiger partial charge in [-0.1, -0.05) is 13.3 Å². The zero-order chi connectivity index (χ0) is 14.9. The Bertz CT molecular complexity index is 689.